The van der Waals surface area contributed by atoms with Crippen molar-refractivity contribution >= 4 is 23.1 Å². The summed E-state index contributed by atoms with van der Waals surface area (Å²) in [7, 11) is 0. The molecule has 5 fully saturated rings. The maximum absolute atomic E-state index is 2.57. The van der Waals surface area contributed by atoms with Crippen LogP contribution in [0.4, 0.5) is 17.1 Å². The molecule has 0 saturated heterocycles. The highest BCUT2D eigenvalue weighted by Gasteiger charge is 2.78. The highest BCUT2D eigenvalue weighted by Crippen LogP contribution is 2.84. The van der Waals surface area contributed by atoms with E-state index in [0.29, 0.717) is 17.3 Å². The first kappa shape index (κ1) is 27.9. The molecule has 4 bridgehead atoms. The van der Waals surface area contributed by atoms with Crippen molar-refractivity contribution < 1.29 is 0 Å². The normalized spacial score (nSPS) is 32.3. The highest BCUT2D eigenvalue weighted by molar-refractivity contribution is 5.87. The summed E-state index contributed by atoms with van der Waals surface area (Å²) in [5.74, 6) is 4.61. The molecule has 5 aromatic carbocycles. The minimum Gasteiger partial charge on any atom is -0.310 e. The van der Waals surface area contributed by atoms with E-state index < -0.39 is 0 Å². The lowest BCUT2D eigenvalue weighted by atomic mass is 9.36. The van der Waals surface area contributed by atoms with Gasteiger partial charge in [0.2, 0.25) is 0 Å². The Labute approximate surface area is 295 Å². The van der Waals surface area contributed by atoms with E-state index in [2.05, 4.69) is 157 Å². The highest BCUT2D eigenvalue weighted by atomic mass is 15.1. The first-order valence-electron chi connectivity index (χ1n) is 19.1. The molecular formula is C49H41N. The Balaban J connectivity index is 0.930. The van der Waals surface area contributed by atoms with Gasteiger partial charge in [-0.1, -0.05) is 109 Å². The molecule has 8 atom stereocenters. The maximum Gasteiger partial charge on any atom is 0.0467 e. The third-order valence-electron chi connectivity index (χ3n) is 14.7. The van der Waals surface area contributed by atoms with E-state index in [-0.39, 0.29) is 5.41 Å². The smallest absolute Gasteiger partial charge is 0.0467 e. The summed E-state index contributed by atoms with van der Waals surface area (Å²) in [6, 6.07) is 44.3. The standard InChI is InChI=1S/C49H41N/c1-2-9-38(10-3-1)50(40-21-22-42-35(26-40)15-14-33-8-4-5-11-41(33)42)39-19-16-32(17-20-39)34-18-23-46-44(27-34)43-12-6-7-13-45(43)49(46)37-25-31-24-36-30-48(49,29-31)47(36)28-37/h1-23,26-27,31,33,36-37,41,47H,24-25,28-30H2. The van der Waals surface area contributed by atoms with Crippen LogP contribution in [-0.4, -0.2) is 0 Å². The first-order valence-corrected chi connectivity index (χ1v) is 19.1. The second kappa shape index (κ2) is 9.88. The summed E-state index contributed by atoms with van der Waals surface area (Å²) in [5.41, 5.74) is 16.0. The van der Waals surface area contributed by atoms with Gasteiger partial charge < -0.3 is 4.90 Å². The average molecular weight is 644 g/mol. The lowest BCUT2D eigenvalue weighted by Gasteiger charge is -2.67. The van der Waals surface area contributed by atoms with Gasteiger partial charge >= 0.3 is 0 Å². The molecule has 0 heterocycles. The number of anilines is 3. The number of para-hydroxylation sites is 1. The third kappa shape index (κ3) is 3.44. The first-order chi connectivity index (χ1) is 24.7. The van der Waals surface area contributed by atoms with Gasteiger partial charge in [-0.05, 0) is 148 Å². The van der Waals surface area contributed by atoms with Gasteiger partial charge in [-0.3, -0.25) is 0 Å². The Morgan fingerprint density at radius 2 is 1.36 bits per heavy atom. The predicted octanol–water partition coefficient (Wildman–Crippen LogP) is 12.4. The second-order valence-corrected chi connectivity index (χ2v) is 16.6. The minimum atomic E-state index is 0.241. The van der Waals surface area contributed by atoms with E-state index in [1.807, 2.05) is 0 Å². The van der Waals surface area contributed by atoms with Crippen LogP contribution >= 0.6 is 0 Å². The Morgan fingerprint density at radius 1 is 0.580 bits per heavy atom. The van der Waals surface area contributed by atoms with E-state index in [9.17, 15) is 0 Å². The molecule has 8 aliphatic carbocycles. The van der Waals surface area contributed by atoms with Crippen LogP contribution in [-0.2, 0) is 5.41 Å². The van der Waals surface area contributed by atoms with Crippen molar-refractivity contribution in [2.45, 2.75) is 43.4 Å². The van der Waals surface area contributed by atoms with Crippen LogP contribution in [0.15, 0.2) is 146 Å². The Hall–Kier alpha value is -4.88. The number of rotatable bonds is 4. The van der Waals surface area contributed by atoms with Crippen LogP contribution in [0.3, 0.4) is 0 Å². The van der Waals surface area contributed by atoms with Gasteiger partial charge in [-0.25, -0.2) is 0 Å². The van der Waals surface area contributed by atoms with Gasteiger partial charge in [0.15, 0.2) is 0 Å². The molecule has 5 saturated carbocycles. The molecule has 8 unspecified atom stereocenters. The fourth-order valence-electron chi connectivity index (χ4n) is 13.1. The molecule has 2 spiro atoms. The zero-order chi connectivity index (χ0) is 32.6. The molecule has 1 heteroatoms. The lowest BCUT2D eigenvalue weighted by molar-refractivity contribution is -0.140. The van der Waals surface area contributed by atoms with E-state index in [4.69, 9.17) is 0 Å². The molecule has 0 aromatic heterocycles. The molecule has 242 valence electrons. The number of hydrogen-bond donors (Lipinski definition) is 0. The molecule has 0 aliphatic heterocycles. The summed E-state index contributed by atoms with van der Waals surface area (Å²) >= 11 is 0. The molecule has 50 heavy (non-hydrogen) atoms. The van der Waals surface area contributed by atoms with Crippen molar-refractivity contribution in [1.82, 2.24) is 0 Å². The number of benzene rings is 5. The molecule has 0 amide bonds. The van der Waals surface area contributed by atoms with Crippen LogP contribution < -0.4 is 4.90 Å². The molecule has 13 rings (SSSR count). The van der Waals surface area contributed by atoms with Crippen molar-refractivity contribution in [2.24, 2.45) is 35.0 Å². The Morgan fingerprint density at radius 3 is 2.28 bits per heavy atom. The number of fused-ring (bicyclic) bond motifs is 6. The topological polar surface area (TPSA) is 3.24 Å². The van der Waals surface area contributed by atoms with Gasteiger partial charge in [0.05, 0.1) is 0 Å². The van der Waals surface area contributed by atoms with Gasteiger partial charge in [-0.2, -0.15) is 0 Å². The van der Waals surface area contributed by atoms with Crippen LogP contribution in [0.1, 0.15) is 60.3 Å². The third-order valence-corrected chi connectivity index (χ3v) is 14.7. The molecule has 0 N–H and O–H groups in total. The maximum atomic E-state index is 2.57. The SMILES string of the molecule is C1=CC2C=Cc3cc(N(c4ccccc4)c4ccc(-c5ccc6c(c5)-c5ccccc5C65C6CC7CC8CC5(C7)C8C6)cc4)ccc3C2C=C1. The van der Waals surface area contributed by atoms with Gasteiger partial charge in [0, 0.05) is 34.3 Å². The molecule has 8 aliphatic rings. The van der Waals surface area contributed by atoms with Gasteiger partial charge in [0.25, 0.3) is 0 Å². The van der Waals surface area contributed by atoms with Gasteiger partial charge in [-0.15, -0.1) is 0 Å². The number of nitrogens with zero attached hydrogens (tertiary/aromatic N) is 1. The molecular weight excluding hydrogens is 603 g/mol. The quantitative estimate of drug-likeness (QED) is 0.188. The van der Waals surface area contributed by atoms with Crippen molar-refractivity contribution in [1.29, 1.82) is 0 Å². The monoisotopic (exact) mass is 643 g/mol. The number of hydrogen-bond acceptors (Lipinski definition) is 1. The van der Waals surface area contributed by atoms with E-state index in [1.165, 1.54) is 82.5 Å². The van der Waals surface area contributed by atoms with E-state index >= 15 is 0 Å². The Bertz CT molecular complexity index is 2310. The molecule has 5 aromatic rings. The van der Waals surface area contributed by atoms with Crippen molar-refractivity contribution in [3.05, 3.63) is 168 Å². The molecule has 0 radical (unpaired) electrons. The van der Waals surface area contributed by atoms with Gasteiger partial charge in [0.1, 0.15) is 0 Å². The predicted molar refractivity (Wildman–Crippen MR) is 206 cm³/mol. The lowest BCUT2D eigenvalue weighted by Crippen LogP contribution is -2.62. The van der Waals surface area contributed by atoms with Crippen LogP contribution in [0.25, 0.3) is 28.3 Å². The van der Waals surface area contributed by atoms with Crippen molar-refractivity contribution in [3.63, 3.8) is 0 Å². The second-order valence-electron chi connectivity index (χ2n) is 16.6. The summed E-state index contributed by atoms with van der Waals surface area (Å²) in [5, 5.41) is 0. The summed E-state index contributed by atoms with van der Waals surface area (Å²) in [4.78, 5) is 2.40. The van der Waals surface area contributed by atoms with Crippen LogP contribution in [0.2, 0.25) is 0 Å². The zero-order valence-electron chi connectivity index (χ0n) is 28.4. The average Bonchev–Trinajstić information content (AvgIpc) is 3.46. The van der Waals surface area contributed by atoms with E-state index in [0.717, 1.165) is 23.7 Å². The van der Waals surface area contributed by atoms with Crippen molar-refractivity contribution in [3.8, 4) is 22.3 Å². The Kier molecular flexibility index (Phi) is 5.51. The summed E-state index contributed by atoms with van der Waals surface area (Å²) < 4.78 is 0. The zero-order valence-corrected chi connectivity index (χ0v) is 28.4. The van der Waals surface area contributed by atoms with Crippen molar-refractivity contribution in [2.75, 3.05) is 4.90 Å². The van der Waals surface area contributed by atoms with Crippen LogP contribution in [0.5, 0.6) is 0 Å². The van der Waals surface area contributed by atoms with Crippen LogP contribution in [0, 0.1) is 35.0 Å². The molecule has 1 nitrogen and oxygen atoms in total. The fourth-order valence-corrected chi connectivity index (χ4v) is 13.1. The minimum absolute atomic E-state index is 0.241. The summed E-state index contributed by atoms with van der Waals surface area (Å²) in [6.07, 6.45) is 21.1. The van der Waals surface area contributed by atoms with E-state index in [1.54, 1.807) is 11.1 Å². The fraction of sp³-hybridized carbons (Fsp3) is 0.265. The summed E-state index contributed by atoms with van der Waals surface area (Å²) in [6.45, 7) is 0. The number of allylic oxidation sites excluding steroid dienone is 5. The largest absolute Gasteiger partial charge is 0.310 e.